The van der Waals surface area contributed by atoms with Gasteiger partial charge in [0.2, 0.25) is 0 Å². The molecule has 0 aromatic heterocycles. The van der Waals surface area contributed by atoms with E-state index >= 15 is 0 Å². The summed E-state index contributed by atoms with van der Waals surface area (Å²) in [5.41, 5.74) is -1.43. The van der Waals surface area contributed by atoms with Crippen LogP contribution >= 0.6 is 0 Å². The van der Waals surface area contributed by atoms with Crippen LogP contribution in [0.2, 0.25) is 0 Å². The van der Waals surface area contributed by atoms with Crippen LogP contribution in [-0.4, -0.2) is 40.4 Å². The van der Waals surface area contributed by atoms with Crippen molar-refractivity contribution in [2.45, 2.75) is 51.7 Å². The van der Waals surface area contributed by atoms with E-state index in [0.29, 0.717) is 0 Å². The first-order chi connectivity index (χ1) is 7.76. The second-order valence-electron chi connectivity index (χ2n) is 4.58. The van der Waals surface area contributed by atoms with E-state index in [1.54, 1.807) is 0 Å². The maximum Gasteiger partial charge on any atom is 0.315 e. The highest BCUT2D eigenvalue weighted by atomic mass is 16.4. The Morgan fingerprint density at radius 3 is 2.47 bits per heavy atom. The summed E-state index contributed by atoms with van der Waals surface area (Å²) in [4.78, 5) is 21.8. The van der Waals surface area contributed by atoms with E-state index in [1.165, 1.54) is 6.92 Å². The Kier molecular flexibility index (Phi) is 6.57. The highest BCUT2D eigenvalue weighted by Gasteiger charge is 2.24. The van der Waals surface area contributed by atoms with Gasteiger partial charge in [0.05, 0.1) is 12.0 Å². The number of hydrogen-bond acceptors (Lipinski definition) is 3. The molecule has 0 aliphatic rings. The van der Waals surface area contributed by atoms with Crippen molar-refractivity contribution in [3.8, 4) is 0 Å². The SMILES string of the molecule is CCCC(C)NC(=O)NCC(C)(O)CC(=O)O. The van der Waals surface area contributed by atoms with Gasteiger partial charge >= 0.3 is 12.0 Å². The Morgan fingerprint density at radius 1 is 1.41 bits per heavy atom. The van der Waals surface area contributed by atoms with Crippen LogP contribution in [0.25, 0.3) is 0 Å². The number of nitrogens with one attached hydrogen (secondary N) is 2. The Bertz CT molecular complexity index is 266. The fourth-order valence-corrected chi connectivity index (χ4v) is 1.44. The molecule has 2 amide bonds. The first-order valence-corrected chi connectivity index (χ1v) is 5.75. The van der Waals surface area contributed by atoms with Crippen LogP contribution in [0.5, 0.6) is 0 Å². The minimum atomic E-state index is -1.43. The van der Waals surface area contributed by atoms with E-state index in [1.807, 2.05) is 13.8 Å². The quantitative estimate of drug-likeness (QED) is 0.531. The van der Waals surface area contributed by atoms with Crippen molar-refractivity contribution in [2.75, 3.05) is 6.54 Å². The maximum atomic E-state index is 11.4. The average Bonchev–Trinajstić information content (AvgIpc) is 2.13. The van der Waals surface area contributed by atoms with E-state index in [2.05, 4.69) is 10.6 Å². The largest absolute Gasteiger partial charge is 0.481 e. The molecule has 0 aliphatic carbocycles. The molecule has 0 aromatic rings. The fourth-order valence-electron chi connectivity index (χ4n) is 1.44. The number of carboxylic acids is 1. The van der Waals surface area contributed by atoms with Gasteiger partial charge in [0, 0.05) is 12.6 Å². The van der Waals surface area contributed by atoms with Gasteiger partial charge in [0.15, 0.2) is 0 Å². The lowest BCUT2D eigenvalue weighted by atomic mass is 10.0. The predicted molar refractivity (Wildman–Crippen MR) is 63.8 cm³/mol. The van der Waals surface area contributed by atoms with Crippen molar-refractivity contribution in [2.24, 2.45) is 0 Å². The van der Waals surface area contributed by atoms with Gasteiger partial charge < -0.3 is 20.8 Å². The van der Waals surface area contributed by atoms with Crippen molar-refractivity contribution in [1.29, 1.82) is 0 Å². The van der Waals surface area contributed by atoms with E-state index in [9.17, 15) is 14.7 Å². The molecule has 17 heavy (non-hydrogen) atoms. The Labute approximate surface area is 101 Å². The van der Waals surface area contributed by atoms with Crippen molar-refractivity contribution in [3.63, 3.8) is 0 Å². The molecule has 0 radical (unpaired) electrons. The Hall–Kier alpha value is -1.30. The summed E-state index contributed by atoms with van der Waals surface area (Å²) in [6.45, 7) is 5.19. The smallest absolute Gasteiger partial charge is 0.315 e. The van der Waals surface area contributed by atoms with Crippen molar-refractivity contribution in [1.82, 2.24) is 10.6 Å². The molecule has 2 atom stereocenters. The second kappa shape index (κ2) is 7.11. The van der Waals surface area contributed by atoms with Crippen molar-refractivity contribution < 1.29 is 19.8 Å². The third kappa shape index (κ3) is 8.50. The molecular formula is C11H22N2O4. The van der Waals surface area contributed by atoms with E-state index in [4.69, 9.17) is 5.11 Å². The van der Waals surface area contributed by atoms with Crippen LogP contribution in [0.15, 0.2) is 0 Å². The summed E-state index contributed by atoms with van der Waals surface area (Å²) < 4.78 is 0. The lowest BCUT2D eigenvalue weighted by Crippen LogP contribution is -2.47. The molecule has 6 heteroatoms. The van der Waals surface area contributed by atoms with Gasteiger partial charge in [0.1, 0.15) is 0 Å². The highest BCUT2D eigenvalue weighted by Crippen LogP contribution is 2.07. The van der Waals surface area contributed by atoms with Crippen LogP contribution in [-0.2, 0) is 4.79 Å². The molecule has 0 fully saturated rings. The van der Waals surface area contributed by atoms with Gasteiger partial charge in [0.25, 0.3) is 0 Å². The van der Waals surface area contributed by atoms with Gasteiger partial charge in [-0.25, -0.2) is 4.79 Å². The van der Waals surface area contributed by atoms with Gasteiger partial charge in [-0.2, -0.15) is 0 Å². The molecule has 0 spiro atoms. The summed E-state index contributed by atoms with van der Waals surface area (Å²) in [5, 5.41) is 23.3. The second-order valence-corrected chi connectivity index (χ2v) is 4.58. The highest BCUT2D eigenvalue weighted by molar-refractivity contribution is 5.74. The normalized spacial score (nSPS) is 15.8. The first kappa shape index (κ1) is 15.7. The lowest BCUT2D eigenvalue weighted by molar-refractivity contribution is -0.141. The van der Waals surface area contributed by atoms with Gasteiger partial charge in [-0.3, -0.25) is 4.79 Å². The molecule has 0 aromatic carbocycles. The third-order valence-corrected chi connectivity index (χ3v) is 2.26. The van der Waals surface area contributed by atoms with Crippen LogP contribution in [0.4, 0.5) is 4.79 Å². The monoisotopic (exact) mass is 246 g/mol. The molecule has 0 aliphatic heterocycles. The molecule has 0 bridgehead atoms. The molecule has 0 saturated heterocycles. The number of carboxylic acid groups (broad SMARTS) is 1. The summed E-state index contributed by atoms with van der Waals surface area (Å²) in [6.07, 6.45) is 1.44. The molecule has 100 valence electrons. The van der Waals surface area contributed by atoms with Crippen LogP contribution in [0.3, 0.4) is 0 Å². The summed E-state index contributed by atoms with van der Waals surface area (Å²) in [7, 11) is 0. The fraction of sp³-hybridized carbons (Fsp3) is 0.818. The number of carbonyl (C=O) groups is 2. The zero-order valence-corrected chi connectivity index (χ0v) is 10.6. The molecule has 0 heterocycles. The Balaban J connectivity index is 3.94. The van der Waals surface area contributed by atoms with E-state index in [-0.39, 0.29) is 12.6 Å². The van der Waals surface area contributed by atoms with E-state index in [0.717, 1.165) is 12.8 Å². The van der Waals surface area contributed by atoms with Crippen molar-refractivity contribution in [3.05, 3.63) is 0 Å². The van der Waals surface area contributed by atoms with Crippen LogP contribution in [0, 0.1) is 0 Å². The Morgan fingerprint density at radius 2 is 2.00 bits per heavy atom. The number of urea groups is 1. The van der Waals surface area contributed by atoms with Crippen molar-refractivity contribution >= 4 is 12.0 Å². The molecule has 0 saturated carbocycles. The number of aliphatic carboxylic acids is 1. The van der Waals surface area contributed by atoms with E-state index < -0.39 is 24.0 Å². The summed E-state index contributed by atoms with van der Waals surface area (Å²) in [6, 6.07) is -0.332. The van der Waals surface area contributed by atoms with Crippen LogP contribution in [0.1, 0.15) is 40.0 Å². The summed E-state index contributed by atoms with van der Waals surface area (Å²) >= 11 is 0. The van der Waals surface area contributed by atoms with Gasteiger partial charge in [-0.15, -0.1) is 0 Å². The lowest BCUT2D eigenvalue weighted by Gasteiger charge is -2.22. The maximum absolute atomic E-state index is 11.4. The van der Waals surface area contributed by atoms with Crippen LogP contribution < -0.4 is 10.6 Å². The topological polar surface area (TPSA) is 98.7 Å². The molecule has 4 N–H and O–H groups in total. The number of carbonyl (C=O) groups excluding carboxylic acids is 1. The molecule has 0 rings (SSSR count). The number of amides is 2. The zero-order chi connectivity index (χ0) is 13.5. The van der Waals surface area contributed by atoms with Gasteiger partial charge in [-0.1, -0.05) is 13.3 Å². The number of rotatable bonds is 7. The molecule has 6 nitrogen and oxygen atoms in total. The zero-order valence-electron chi connectivity index (χ0n) is 10.6. The first-order valence-electron chi connectivity index (χ1n) is 5.75. The molecule has 2 unspecified atom stereocenters. The number of aliphatic hydroxyl groups is 1. The minimum absolute atomic E-state index is 0.0597. The van der Waals surface area contributed by atoms with Gasteiger partial charge in [-0.05, 0) is 20.3 Å². The summed E-state index contributed by atoms with van der Waals surface area (Å²) in [5.74, 6) is -1.10. The number of hydrogen-bond donors (Lipinski definition) is 4. The predicted octanol–water partition coefficient (Wildman–Crippen LogP) is 0.700. The standard InChI is InChI=1S/C11H22N2O4/c1-4-5-8(2)13-10(16)12-7-11(3,17)6-9(14)15/h8,17H,4-7H2,1-3H3,(H,14,15)(H2,12,13,16). The minimum Gasteiger partial charge on any atom is -0.481 e. The average molecular weight is 246 g/mol. The molecular weight excluding hydrogens is 224 g/mol. The third-order valence-electron chi connectivity index (χ3n) is 2.26.